The summed E-state index contributed by atoms with van der Waals surface area (Å²) < 4.78 is 13.2. The first-order chi connectivity index (χ1) is 9.47. The molecule has 0 saturated carbocycles. The van der Waals surface area contributed by atoms with Gasteiger partial charge in [-0.3, -0.25) is 0 Å². The predicted octanol–water partition coefficient (Wildman–Crippen LogP) is 3.74. The van der Waals surface area contributed by atoms with Gasteiger partial charge in [0.15, 0.2) is 0 Å². The summed E-state index contributed by atoms with van der Waals surface area (Å²) in [6.45, 7) is 4.42. The van der Waals surface area contributed by atoms with E-state index in [2.05, 4.69) is 5.32 Å². The van der Waals surface area contributed by atoms with E-state index in [-0.39, 0.29) is 11.9 Å². The van der Waals surface area contributed by atoms with Crippen molar-refractivity contribution < 1.29 is 14.3 Å². The number of benzene rings is 1. The highest BCUT2D eigenvalue weighted by Crippen LogP contribution is 2.22. The second-order valence-electron chi connectivity index (χ2n) is 4.65. The number of aromatic carboxylic acids is 1. The largest absolute Gasteiger partial charge is 0.477 e. The van der Waals surface area contributed by atoms with E-state index in [1.807, 2.05) is 19.9 Å². The maximum Gasteiger partial charge on any atom is 0.345 e. The summed E-state index contributed by atoms with van der Waals surface area (Å²) in [5.74, 6) is -1.15. The van der Waals surface area contributed by atoms with Crippen LogP contribution in [0.1, 0.15) is 38.6 Å². The molecular formula is C15H16FNO2S. The minimum Gasteiger partial charge on any atom is -0.477 e. The van der Waals surface area contributed by atoms with Crippen LogP contribution in [0.25, 0.3) is 0 Å². The predicted molar refractivity (Wildman–Crippen MR) is 77.7 cm³/mol. The van der Waals surface area contributed by atoms with Crippen molar-refractivity contribution in [2.24, 2.45) is 0 Å². The Hall–Kier alpha value is -1.72. The average molecular weight is 293 g/mol. The lowest BCUT2D eigenvalue weighted by molar-refractivity contribution is 0.0702. The zero-order valence-electron chi connectivity index (χ0n) is 11.3. The zero-order chi connectivity index (χ0) is 14.7. The first-order valence-electron chi connectivity index (χ1n) is 6.29. The Labute approximate surface area is 121 Å². The van der Waals surface area contributed by atoms with Crippen LogP contribution in [-0.4, -0.2) is 11.1 Å². The Morgan fingerprint density at radius 1 is 1.45 bits per heavy atom. The third kappa shape index (κ3) is 3.43. The topological polar surface area (TPSA) is 49.3 Å². The van der Waals surface area contributed by atoms with Crippen molar-refractivity contribution in [2.45, 2.75) is 26.4 Å². The molecule has 0 spiro atoms. The summed E-state index contributed by atoms with van der Waals surface area (Å²) in [7, 11) is 0. The molecule has 0 aliphatic rings. The Morgan fingerprint density at radius 3 is 2.80 bits per heavy atom. The van der Waals surface area contributed by atoms with Crippen molar-refractivity contribution in [3.05, 3.63) is 57.0 Å². The summed E-state index contributed by atoms with van der Waals surface area (Å²) in [5.41, 5.74) is 1.84. The summed E-state index contributed by atoms with van der Waals surface area (Å²) in [5, 5.41) is 12.2. The molecule has 20 heavy (non-hydrogen) atoms. The fourth-order valence-electron chi connectivity index (χ4n) is 1.96. The van der Waals surface area contributed by atoms with Crippen molar-refractivity contribution >= 4 is 17.3 Å². The van der Waals surface area contributed by atoms with Crippen LogP contribution < -0.4 is 5.32 Å². The summed E-state index contributed by atoms with van der Waals surface area (Å²) in [6.07, 6.45) is 0. The van der Waals surface area contributed by atoms with Gasteiger partial charge in [-0.1, -0.05) is 12.1 Å². The van der Waals surface area contributed by atoms with Crippen LogP contribution in [0.4, 0.5) is 4.39 Å². The molecule has 2 aromatic rings. The van der Waals surface area contributed by atoms with Crippen molar-refractivity contribution in [1.29, 1.82) is 0 Å². The van der Waals surface area contributed by atoms with Gasteiger partial charge in [0.1, 0.15) is 10.7 Å². The smallest absolute Gasteiger partial charge is 0.345 e. The SMILES string of the molecule is Cc1sc(C(=O)O)cc1CN[C@@H](C)c1cccc(F)c1. The van der Waals surface area contributed by atoms with Crippen molar-refractivity contribution in [3.8, 4) is 0 Å². The quantitative estimate of drug-likeness (QED) is 0.882. The van der Waals surface area contributed by atoms with Crippen LogP contribution in [0.5, 0.6) is 0 Å². The number of carboxylic acids is 1. The molecule has 0 amide bonds. The van der Waals surface area contributed by atoms with Gasteiger partial charge in [-0.25, -0.2) is 9.18 Å². The summed E-state index contributed by atoms with van der Waals surface area (Å²) in [4.78, 5) is 12.2. The number of hydrogen-bond donors (Lipinski definition) is 2. The highest BCUT2D eigenvalue weighted by molar-refractivity contribution is 7.14. The van der Waals surface area contributed by atoms with Crippen molar-refractivity contribution in [3.63, 3.8) is 0 Å². The van der Waals surface area contributed by atoms with Crippen molar-refractivity contribution in [2.75, 3.05) is 0 Å². The number of hydrogen-bond acceptors (Lipinski definition) is 3. The molecular weight excluding hydrogens is 277 g/mol. The Morgan fingerprint density at radius 2 is 2.20 bits per heavy atom. The maximum atomic E-state index is 13.2. The molecule has 0 saturated heterocycles. The molecule has 2 rings (SSSR count). The third-order valence-corrected chi connectivity index (χ3v) is 4.26. The molecule has 106 valence electrons. The lowest BCUT2D eigenvalue weighted by atomic mass is 10.1. The lowest BCUT2D eigenvalue weighted by Gasteiger charge is -2.14. The molecule has 1 heterocycles. The second-order valence-corrected chi connectivity index (χ2v) is 5.91. The summed E-state index contributed by atoms with van der Waals surface area (Å²) >= 11 is 1.27. The lowest BCUT2D eigenvalue weighted by Crippen LogP contribution is -2.18. The van der Waals surface area contributed by atoms with E-state index in [4.69, 9.17) is 5.11 Å². The molecule has 0 unspecified atom stereocenters. The minimum absolute atomic E-state index is 0.00159. The van der Waals surface area contributed by atoms with Gasteiger partial charge in [-0.2, -0.15) is 0 Å². The number of rotatable bonds is 5. The molecule has 0 fully saturated rings. The molecule has 0 bridgehead atoms. The number of halogens is 1. The van der Waals surface area contributed by atoms with Crippen LogP contribution >= 0.6 is 11.3 Å². The molecule has 1 aromatic heterocycles. The normalized spacial score (nSPS) is 12.3. The number of aryl methyl sites for hydroxylation is 1. The minimum atomic E-state index is -0.900. The van der Waals surface area contributed by atoms with E-state index < -0.39 is 5.97 Å². The van der Waals surface area contributed by atoms with Crippen LogP contribution in [0.3, 0.4) is 0 Å². The average Bonchev–Trinajstić information content (AvgIpc) is 2.77. The fourth-order valence-corrected chi connectivity index (χ4v) is 2.84. The van der Waals surface area contributed by atoms with Gasteiger partial charge in [0.25, 0.3) is 0 Å². The zero-order valence-corrected chi connectivity index (χ0v) is 12.1. The van der Waals surface area contributed by atoms with Gasteiger partial charge < -0.3 is 10.4 Å². The molecule has 3 nitrogen and oxygen atoms in total. The molecule has 0 radical (unpaired) electrons. The molecule has 0 aliphatic carbocycles. The van der Waals surface area contributed by atoms with Crippen LogP contribution in [0.2, 0.25) is 0 Å². The fraction of sp³-hybridized carbons (Fsp3) is 0.267. The van der Waals surface area contributed by atoms with Crippen LogP contribution in [-0.2, 0) is 6.54 Å². The number of carboxylic acid groups (broad SMARTS) is 1. The number of nitrogens with one attached hydrogen (secondary N) is 1. The molecule has 1 aromatic carbocycles. The van der Waals surface area contributed by atoms with Gasteiger partial charge in [0, 0.05) is 17.5 Å². The Balaban J connectivity index is 2.03. The van der Waals surface area contributed by atoms with Gasteiger partial charge in [-0.05, 0) is 43.2 Å². The monoisotopic (exact) mass is 293 g/mol. The van der Waals surface area contributed by atoms with E-state index >= 15 is 0 Å². The highest BCUT2D eigenvalue weighted by Gasteiger charge is 2.12. The first kappa shape index (κ1) is 14.7. The van der Waals surface area contributed by atoms with E-state index in [9.17, 15) is 9.18 Å². The van der Waals surface area contributed by atoms with E-state index in [0.717, 1.165) is 16.0 Å². The van der Waals surface area contributed by atoms with Gasteiger partial charge >= 0.3 is 5.97 Å². The third-order valence-electron chi connectivity index (χ3n) is 3.18. The molecule has 1 atom stereocenters. The van der Waals surface area contributed by atoms with E-state index in [1.54, 1.807) is 12.1 Å². The van der Waals surface area contributed by atoms with Gasteiger partial charge in [-0.15, -0.1) is 11.3 Å². The van der Waals surface area contributed by atoms with Crippen LogP contribution in [0.15, 0.2) is 30.3 Å². The highest BCUT2D eigenvalue weighted by atomic mass is 32.1. The number of thiophene rings is 1. The maximum absolute atomic E-state index is 13.2. The second kappa shape index (κ2) is 6.15. The Kier molecular flexibility index (Phi) is 4.52. The van der Waals surface area contributed by atoms with E-state index in [0.29, 0.717) is 11.4 Å². The molecule has 0 aliphatic heterocycles. The first-order valence-corrected chi connectivity index (χ1v) is 7.10. The number of carbonyl (C=O) groups is 1. The van der Waals surface area contributed by atoms with Crippen LogP contribution in [0, 0.1) is 12.7 Å². The standard InChI is InChI=1S/C15H16FNO2S/c1-9(11-4-3-5-13(16)6-11)17-8-12-7-14(15(18)19)20-10(12)2/h3-7,9,17H,8H2,1-2H3,(H,18,19)/t9-/m0/s1. The summed E-state index contributed by atoms with van der Waals surface area (Å²) in [6, 6.07) is 8.15. The van der Waals surface area contributed by atoms with E-state index in [1.165, 1.54) is 23.5 Å². The van der Waals surface area contributed by atoms with Crippen molar-refractivity contribution in [1.82, 2.24) is 5.32 Å². The molecule has 5 heteroatoms. The van der Waals surface area contributed by atoms with Gasteiger partial charge in [0.05, 0.1) is 0 Å². The Bertz CT molecular complexity index is 624. The van der Waals surface area contributed by atoms with Gasteiger partial charge in [0.2, 0.25) is 0 Å². The molecule has 2 N–H and O–H groups in total.